The number of fused-ring (bicyclic) bond motifs is 8. The van der Waals surface area contributed by atoms with Crippen molar-refractivity contribution in [1.82, 2.24) is 9.55 Å². The standard InChI is InChI=1S/C50H34N2OSSi/c1-3-16-39(17-4-1)55(40-18-5-2-6-19-40,41-20-11-14-34(29-41)36-26-28-49-44(31-36)43-22-8-10-24-48(43)54-49)42-21-12-15-35(30-42)37-25-27-45-47(32-37)52-46-23-9-7-13-38(46)33-53-50(52)51-45/h1-32H,33H2. The van der Waals surface area contributed by atoms with Gasteiger partial charge in [0.1, 0.15) is 6.61 Å². The number of benzene rings is 8. The summed E-state index contributed by atoms with van der Waals surface area (Å²) in [7, 11) is -2.86. The van der Waals surface area contributed by atoms with Gasteiger partial charge in [0.05, 0.1) is 16.7 Å². The largest absolute Gasteiger partial charge is 0.459 e. The lowest BCUT2D eigenvalue weighted by Gasteiger charge is -2.35. The van der Waals surface area contributed by atoms with Crippen molar-refractivity contribution in [2.45, 2.75) is 6.61 Å². The molecular formula is C50H34N2OSSi. The third kappa shape index (κ3) is 5.12. The molecule has 1 aliphatic rings. The van der Waals surface area contributed by atoms with Crippen LogP contribution in [0.4, 0.5) is 0 Å². The van der Waals surface area contributed by atoms with Crippen molar-refractivity contribution in [3.05, 3.63) is 200 Å². The Morgan fingerprint density at radius 1 is 0.473 bits per heavy atom. The molecule has 10 aromatic rings. The summed E-state index contributed by atoms with van der Waals surface area (Å²) in [6.45, 7) is 0.529. The maximum absolute atomic E-state index is 6.13. The first-order valence-corrected chi connectivity index (χ1v) is 21.5. The zero-order valence-electron chi connectivity index (χ0n) is 29.9. The highest BCUT2D eigenvalue weighted by Gasteiger charge is 2.41. The number of rotatable bonds is 6. The van der Waals surface area contributed by atoms with Gasteiger partial charge in [-0.05, 0) is 79.4 Å². The SMILES string of the molecule is c1ccc([Si](c2ccccc2)(c2cccc(-c3ccc4sc5ccccc5c4c3)c2)c2cccc(-c3ccc4nc5n(c4c3)-c3ccccc3CO5)c2)cc1. The highest BCUT2D eigenvalue weighted by atomic mass is 32.1. The molecule has 0 amide bonds. The number of para-hydroxylation sites is 1. The first-order chi connectivity index (χ1) is 27.2. The third-order valence-corrected chi connectivity index (χ3v) is 17.2. The van der Waals surface area contributed by atoms with Crippen LogP contribution in [0.2, 0.25) is 0 Å². The van der Waals surface area contributed by atoms with Crippen molar-refractivity contribution in [2.24, 2.45) is 0 Å². The molecule has 0 saturated heterocycles. The Labute approximate surface area is 324 Å². The Balaban J connectivity index is 1.11. The van der Waals surface area contributed by atoms with Crippen LogP contribution in [0.25, 0.3) is 59.1 Å². The average Bonchev–Trinajstić information content (AvgIpc) is 3.83. The normalized spacial score (nSPS) is 12.4. The Bertz CT molecular complexity index is 3020. The third-order valence-electron chi connectivity index (χ3n) is 11.3. The van der Waals surface area contributed by atoms with Crippen LogP contribution in [0.1, 0.15) is 5.56 Å². The van der Waals surface area contributed by atoms with E-state index in [1.165, 1.54) is 57.6 Å². The first-order valence-electron chi connectivity index (χ1n) is 18.7. The molecule has 1 aliphatic heterocycles. The number of ether oxygens (including phenoxy) is 1. The molecule has 0 fully saturated rings. The minimum absolute atomic E-state index is 0.529. The van der Waals surface area contributed by atoms with Gasteiger partial charge in [0, 0.05) is 25.7 Å². The Hall–Kier alpha value is -6.53. The maximum Gasteiger partial charge on any atom is 0.302 e. The second-order valence-electron chi connectivity index (χ2n) is 14.3. The molecule has 3 heterocycles. The average molecular weight is 739 g/mol. The van der Waals surface area contributed by atoms with Crippen LogP contribution in [0.15, 0.2) is 194 Å². The van der Waals surface area contributed by atoms with Crippen molar-refractivity contribution in [3.8, 4) is 34.0 Å². The van der Waals surface area contributed by atoms with E-state index in [1.807, 2.05) is 11.3 Å². The van der Waals surface area contributed by atoms with Gasteiger partial charge in [0.15, 0.2) is 8.07 Å². The van der Waals surface area contributed by atoms with E-state index in [9.17, 15) is 0 Å². The molecule has 5 heteroatoms. The summed E-state index contributed by atoms with van der Waals surface area (Å²) in [6.07, 6.45) is 0. The van der Waals surface area contributed by atoms with Gasteiger partial charge in [-0.25, -0.2) is 0 Å². The van der Waals surface area contributed by atoms with Crippen molar-refractivity contribution in [3.63, 3.8) is 0 Å². The van der Waals surface area contributed by atoms with Crippen LogP contribution >= 0.6 is 11.3 Å². The lowest BCUT2D eigenvalue weighted by molar-refractivity contribution is 0.265. The van der Waals surface area contributed by atoms with E-state index in [0.29, 0.717) is 12.6 Å². The summed E-state index contributed by atoms with van der Waals surface area (Å²) in [6, 6.07) is 72.4. The molecule has 0 spiro atoms. The van der Waals surface area contributed by atoms with Gasteiger partial charge < -0.3 is 4.74 Å². The lowest BCUT2D eigenvalue weighted by atomic mass is 10.0. The van der Waals surface area contributed by atoms with E-state index in [1.54, 1.807) is 0 Å². The molecule has 0 N–H and O–H groups in total. The van der Waals surface area contributed by atoms with Crippen molar-refractivity contribution in [2.75, 3.05) is 0 Å². The van der Waals surface area contributed by atoms with Crippen molar-refractivity contribution < 1.29 is 4.74 Å². The Kier molecular flexibility index (Phi) is 7.44. The fourth-order valence-electron chi connectivity index (χ4n) is 8.70. The minimum atomic E-state index is -2.86. The second kappa shape index (κ2) is 12.8. The highest BCUT2D eigenvalue weighted by Crippen LogP contribution is 2.37. The summed E-state index contributed by atoms with van der Waals surface area (Å²) < 4.78 is 10.9. The quantitative estimate of drug-likeness (QED) is 0.126. The predicted octanol–water partition coefficient (Wildman–Crippen LogP) is 10.00. The number of thiophene rings is 1. The molecular weight excluding hydrogens is 705 g/mol. The number of imidazole rings is 1. The van der Waals surface area contributed by atoms with E-state index in [4.69, 9.17) is 9.72 Å². The molecule has 0 aliphatic carbocycles. The predicted molar refractivity (Wildman–Crippen MR) is 233 cm³/mol. The smallest absolute Gasteiger partial charge is 0.302 e. The molecule has 260 valence electrons. The monoisotopic (exact) mass is 738 g/mol. The van der Waals surface area contributed by atoms with E-state index < -0.39 is 8.07 Å². The molecule has 11 rings (SSSR count). The van der Waals surface area contributed by atoms with E-state index in [0.717, 1.165) is 27.8 Å². The summed E-state index contributed by atoms with van der Waals surface area (Å²) >= 11 is 1.86. The van der Waals surface area contributed by atoms with Gasteiger partial charge >= 0.3 is 6.01 Å². The molecule has 55 heavy (non-hydrogen) atoms. The topological polar surface area (TPSA) is 27.1 Å². The van der Waals surface area contributed by atoms with Crippen molar-refractivity contribution >= 4 is 71.4 Å². The van der Waals surface area contributed by atoms with Crippen LogP contribution < -0.4 is 25.5 Å². The summed E-state index contributed by atoms with van der Waals surface area (Å²) in [5.74, 6) is 0. The molecule has 0 saturated carbocycles. The fourth-order valence-corrected chi connectivity index (χ4v) is 14.6. The number of aromatic nitrogens is 2. The second-order valence-corrected chi connectivity index (χ2v) is 19.2. The van der Waals surface area contributed by atoms with Gasteiger partial charge in [-0.15, -0.1) is 11.3 Å². The number of hydrogen-bond acceptors (Lipinski definition) is 3. The zero-order chi connectivity index (χ0) is 36.3. The highest BCUT2D eigenvalue weighted by molar-refractivity contribution is 7.25. The Morgan fingerprint density at radius 2 is 1.05 bits per heavy atom. The van der Waals surface area contributed by atoms with Gasteiger partial charge in [0.2, 0.25) is 0 Å². The number of nitrogens with zero attached hydrogens (tertiary/aromatic N) is 2. The Morgan fingerprint density at radius 3 is 1.80 bits per heavy atom. The van der Waals surface area contributed by atoms with Gasteiger partial charge in [0.25, 0.3) is 0 Å². The van der Waals surface area contributed by atoms with Gasteiger partial charge in [-0.1, -0.05) is 158 Å². The molecule has 0 unspecified atom stereocenters. The summed E-state index contributed by atoms with van der Waals surface area (Å²) in [5.41, 5.74) is 9.05. The maximum atomic E-state index is 6.13. The van der Waals surface area contributed by atoms with Crippen LogP contribution in [0, 0.1) is 0 Å². The van der Waals surface area contributed by atoms with E-state index in [2.05, 4.69) is 199 Å². The van der Waals surface area contributed by atoms with Gasteiger partial charge in [-0.3, -0.25) is 4.57 Å². The van der Waals surface area contributed by atoms with Crippen LogP contribution in [-0.4, -0.2) is 17.6 Å². The zero-order valence-corrected chi connectivity index (χ0v) is 31.7. The fraction of sp³-hybridized carbons (Fsp3) is 0.0200. The molecule has 2 aromatic heterocycles. The minimum Gasteiger partial charge on any atom is -0.459 e. The van der Waals surface area contributed by atoms with Crippen LogP contribution in [0.3, 0.4) is 0 Å². The van der Waals surface area contributed by atoms with E-state index >= 15 is 0 Å². The molecule has 0 radical (unpaired) electrons. The molecule has 3 nitrogen and oxygen atoms in total. The molecule has 0 atom stereocenters. The molecule has 0 bridgehead atoms. The van der Waals surface area contributed by atoms with Crippen molar-refractivity contribution in [1.29, 1.82) is 0 Å². The van der Waals surface area contributed by atoms with Gasteiger partial charge in [-0.2, -0.15) is 4.98 Å². The summed E-state index contributed by atoms with van der Waals surface area (Å²) in [4.78, 5) is 4.87. The summed E-state index contributed by atoms with van der Waals surface area (Å²) in [5, 5.41) is 8.03. The first kappa shape index (κ1) is 31.9. The molecule has 8 aromatic carbocycles. The van der Waals surface area contributed by atoms with Crippen LogP contribution in [0.5, 0.6) is 6.01 Å². The lowest BCUT2D eigenvalue weighted by Crippen LogP contribution is -2.74. The van der Waals surface area contributed by atoms with Crippen LogP contribution in [-0.2, 0) is 6.61 Å². The van der Waals surface area contributed by atoms with E-state index in [-0.39, 0.29) is 0 Å². The number of hydrogen-bond donors (Lipinski definition) is 0.